The van der Waals surface area contributed by atoms with Crippen molar-refractivity contribution >= 4 is 23.0 Å². The molecule has 2 aromatic heterocycles. The predicted molar refractivity (Wildman–Crippen MR) is 52.8 cm³/mol. The lowest BCUT2D eigenvalue weighted by atomic mass is 10.5. The van der Waals surface area contributed by atoms with Gasteiger partial charge in [0.15, 0.2) is 11.2 Å². The zero-order chi connectivity index (χ0) is 9.26. The summed E-state index contributed by atoms with van der Waals surface area (Å²) in [6.45, 7) is 4.21. The van der Waals surface area contributed by atoms with Gasteiger partial charge in [0.1, 0.15) is 0 Å². The van der Waals surface area contributed by atoms with Crippen molar-refractivity contribution < 1.29 is 4.42 Å². The van der Waals surface area contributed by atoms with Crippen LogP contribution in [0.15, 0.2) is 28.0 Å². The lowest BCUT2D eigenvalue weighted by Crippen LogP contribution is -1.84. The molecule has 0 saturated carbocycles. The van der Waals surface area contributed by atoms with E-state index in [2.05, 4.69) is 23.8 Å². The molecule has 0 spiro atoms. The molecule has 0 amide bonds. The zero-order valence-corrected chi connectivity index (χ0v) is 8.34. The van der Waals surface area contributed by atoms with Crippen molar-refractivity contribution in [3.05, 3.63) is 18.3 Å². The Labute approximate surface area is 80.6 Å². The zero-order valence-electron chi connectivity index (χ0n) is 7.52. The van der Waals surface area contributed by atoms with Crippen LogP contribution in [0.1, 0.15) is 13.8 Å². The summed E-state index contributed by atoms with van der Waals surface area (Å²) in [5.74, 6) is 0. The van der Waals surface area contributed by atoms with Crippen molar-refractivity contribution in [1.29, 1.82) is 0 Å². The number of thioether (sulfide) groups is 1. The quantitative estimate of drug-likeness (QED) is 0.689. The number of hydrogen-bond donors (Lipinski definition) is 0. The normalized spacial score (nSPS) is 11.3. The highest BCUT2D eigenvalue weighted by molar-refractivity contribution is 7.99. The largest absolute Gasteiger partial charge is 0.430 e. The van der Waals surface area contributed by atoms with Crippen molar-refractivity contribution in [2.45, 2.75) is 24.3 Å². The smallest absolute Gasteiger partial charge is 0.258 e. The molecule has 3 nitrogen and oxygen atoms in total. The van der Waals surface area contributed by atoms with E-state index < -0.39 is 0 Å². The predicted octanol–water partition coefficient (Wildman–Crippen LogP) is 2.72. The van der Waals surface area contributed by atoms with Crippen LogP contribution < -0.4 is 0 Å². The highest BCUT2D eigenvalue weighted by Crippen LogP contribution is 2.24. The van der Waals surface area contributed by atoms with E-state index in [4.69, 9.17) is 4.42 Å². The maximum atomic E-state index is 5.47. The van der Waals surface area contributed by atoms with Gasteiger partial charge in [0.2, 0.25) is 0 Å². The van der Waals surface area contributed by atoms with Gasteiger partial charge in [-0.1, -0.05) is 25.6 Å². The van der Waals surface area contributed by atoms with E-state index >= 15 is 0 Å². The summed E-state index contributed by atoms with van der Waals surface area (Å²) in [5.41, 5.74) is 1.44. The summed E-state index contributed by atoms with van der Waals surface area (Å²) in [4.78, 5) is 8.33. The summed E-state index contributed by atoms with van der Waals surface area (Å²) in [7, 11) is 0. The van der Waals surface area contributed by atoms with Crippen molar-refractivity contribution in [2.24, 2.45) is 0 Å². The average molecular weight is 194 g/mol. The van der Waals surface area contributed by atoms with Crippen LogP contribution in [-0.2, 0) is 0 Å². The fourth-order valence-electron chi connectivity index (χ4n) is 1.00. The summed E-state index contributed by atoms with van der Waals surface area (Å²) < 4.78 is 5.47. The molecule has 0 bridgehead atoms. The molecule has 0 N–H and O–H groups in total. The number of pyridine rings is 1. The monoisotopic (exact) mass is 194 g/mol. The van der Waals surface area contributed by atoms with Crippen LogP contribution in [0.3, 0.4) is 0 Å². The Morgan fingerprint density at radius 3 is 3.00 bits per heavy atom. The SMILES string of the molecule is CC(C)Sc1nc2ncccc2o1. The fourth-order valence-corrected chi connectivity index (χ4v) is 1.68. The minimum absolute atomic E-state index is 0.480. The first-order valence-corrected chi connectivity index (χ1v) is 5.02. The van der Waals surface area contributed by atoms with E-state index in [1.165, 1.54) is 0 Å². The van der Waals surface area contributed by atoms with Crippen molar-refractivity contribution in [3.63, 3.8) is 0 Å². The summed E-state index contributed by atoms with van der Waals surface area (Å²) in [6.07, 6.45) is 1.72. The van der Waals surface area contributed by atoms with Crippen LogP contribution in [0.4, 0.5) is 0 Å². The standard InChI is InChI=1S/C9H10N2OS/c1-6(2)13-9-11-8-7(12-9)4-3-5-10-8/h3-6H,1-2H3. The molecule has 0 aromatic carbocycles. The Kier molecular flexibility index (Phi) is 2.22. The third-order valence-electron chi connectivity index (χ3n) is 1.48. The van der Waals surface area contributed by atoms with E-state index in [-0.39, 0.29) is 0 Å². The van der Waals surface area contributed by atoms with Crippen LogP contribution in [0.25, 0.3) is 11.2 Å². The Morgan fingerprint density at radius 2 is 2.31 bits per heavy atom. The summed E-state index contributed by atoms with van der Waals surface area (Å²) in [6, 6.07) is 3.72. The second-order valence-electron chi connectivity index (χ2n) is 2.97. The molecule has 0 saturated heterocycles. The van der Waals surface area contributed by atoms with Gasteiger partial charge < -0.3 is 4.42 Å². The number of oxazole rings is 1. The van der Waals surface area contributed by atoms with Gasteiger partial charge in [0.05, 0.1) is 0 Å². The lowest BCUT2D eigenvalue weighted by Gasteiger charge is -1.96. The van der Waals surface area contributed by atoms with E-state index in [1.54, 1.807) is 18.0 Å². The first-order valence-electron chi connectivity index (χ1n) is 4.14. The molecule has 0 aliphatic carbocycles. The third kappa shape index (κ3) is 1.83. The molecule has 0 atom stereocenters. The second kappa shape index (κ2) is 3.38. The summed E-state index contributed by atoms with van der Waals surface area (Å²) in [5, 5.41) is 1.18. The maximum Gasteiger partial charge on any atom is 0.258 e. The van der Waals surface area contributed by atoms with Gasteiger partial charge in [-0.25, -0.2) is 4.98 Å². The van der Waals surface area contributed by atoms with Gasteiger partial charge >= 0.3 is 0 Å². The first kappa shape index (κ1) is 8.56. The first-order chi connectivity index (χ1) is 6.25. The molecule has 2 heterocycles. The molecule has 0 aliphatic heterocycles. The van der Waals surface area contributed by atoms with Gasteiger partial charge in [-0.05, 0) is 12.1 Å². The molecular weight excluding hydrogens is 184 g/mol. The lowest BCUT2D eigenvalue weighted by molar-refractivity contribution is 0.488. The van der Waals surface area contributed by atoms with Crippen LogP contribution in [0.2, 0.25) is 0 Å². The van der Waals surface area contributed by atoms with E-state index in [0.29, 0.717) is 16.1 Å². The Morgan fingerprint density at radius 1 is 1.46 bits per heavy atom. The maximum absolute atomic E-state index is 5.47. The Balaban J connectivity index is 2.38. The molecule has 68 valence electrons. The molecule has 4 heteroatoms. The number of hydrogen-bond acceptors (Lipinski definition) is 4. The van der Waals surface area contributed by atoms with Crippen molar-refractivity contribution in [3.8, 4) is 0 Å². The number of aromatic nitrogens is 2. The highest BCUT2D eigenvalue weighted by Gasteiger charge is 2.07. The van der Waals surface area contributed by atoms with E-state index in [9.17, 15) is 0 Å². The van der Waals surface area contributed by atoms with Crippen molar-refractivity contribution in [1.82, 2.24) is 9.97 Å². The van der Waals surface area contributed by atoms with Crippen LogP contribution in [0, 0.1) is 0 Å². The summed E-state index contributed by atoms with van der Waals surface area (Å²) >= 11 is 1.61. The molecule has 0 aliphatic rings. The number of nitrogens with zero attached hydrogens (tertiary/aromatic N) is 2. The van der Waals surface area contributed by atoms with Gasteiger partial charge in [0, 0.05) is 11.4 Å². The minimum atomic E-state index is 0.480. The molecule has 0 radical (unpaired) electrons. The van der Waals surface area contributed by atoms with Gasteiger partial charge in [0.25, 0.3) is 5.22 Å². The van der Waals surface area contributed by atoms with Crippen molar-refractivity contribution in [2.75, 3.05) is 0 Å². The number of rotatable bonds is 2. The third-order valence-corrected chi connectivity index (χ3v) is 2.33. The fraction of sp³-hybridized carbons (Fsp3) is 0.333. The van der Waals surface area contributed by atoms with E-state index in [0.717, 1.165) is 5.58 Å². The van der Waals surface area contributed by atoms with Gasteiger partial charge in [-0.15, -0.1) is 0 Å². The molecule has 2 rings (SSSR count). The topological polar surface area (TPSA) is 38.9 Å². The molecule has 0 fully saturated rings. The molecular formula is C9H10N2OS. The van der Waals surface area contributed by atoms with Gasteiger partial charge in [-0.3, -0.25) is 0 Å². The van der Waals surface area contributed by atoms with Crippen LogP contribution in [-0.4, -0.2) is 15.2 Å². The van der Waals surface area contributed by atoms with Crippen LogP contribution in [0.5, 0.6) is 0 Å². The van der Waals surface area contributed by atoms with E-state index in [1.807, 2.05) is 12.1 Å². The Bertz CT molecular complexity index is 378. The van der Waals surface area contributed by atoms with Crippen LogP contribution >= 0.6 is 11.8 Å². The average Bonchev–Trinajstić information content (AvgIpc) is 2.44. The Hall–Kier alpha value is -1.03. The number of fused-ring (bicyclic) bond motifs is 1. The molecule has 0 unspecified atom stereocenters. The van der Waals surface area contributed by atoms with Gasteiger partial charge in [-0.2, -0.15) is 4.98 Å². The minimum Gasteiger partial charge on any atom is -0.430 e. The second-order valence-corrected chi connectivity index (χ2v) is 4.50. The highest BCUT2D eigenvalue weighted by atomic mass is 32.2. The molecule has 2 aromatic rings. The molecule has 13 heavy (non-hydrogen) atoms.